The molecule has 0 saturated carbocycles. The lowest BCUT2D eigenvalue weighted by Crippen LogP contribution is -2.43. The zero-order valence-electron chi connectivity index (χ0n) is 17.2. The molecular formula is C21H24F2N2O5S. The van der Waals surface area contributed by atoms with Crippen LogP contribution in [0.2, 0.25) is 0 Å². The molecule has 0 atom stereocenters. The summed E-state index contributed by atoms with van der Waals surface area (Å²) < 4.78 is 64.2. The van der Waals surface area contributed by atoms with Crippen LogP contribution in [0.5, 0.6) is 11.5 Å². The van der Waals surface area contributed by atoms with Gasteiger partial charge in [-0.25, -0.2) is 17.2 Å². The number of piperidine rings is 1. The third-order valence-corrected chi connectivity index (χ3v) is 7.20. The Kier molecular flexibility index (Phi) is 7.11. The van der Waals surface area contributed by atoms with E-state index in [1.807, 2.05) is 0 Å². The van der Waals surface area contributed by atoms with Gasteiger partial charge in [0.2, 0.25) is 15.9 Å². The van der Waals surface area contributed by atoms with E-state index in [-0.39, 0.29) is 44.3 Å². The first-order chi connectivity index (χ1) is 14.8. The lowest BCUT2D eigenvalue weighted by molar-refractivity contribution is -0.126. The molecule has 1 aliphatic heterocycles. The molecule has 31 heavy (non-hydrogen) atoms. The van der Waals surface area contributed by atoms with Crippen molar-refractivity contribution in [1.82, 2.24) is 9.62 Å². The van der Waals surface area contributed by atoms with Gasteiger partial charge in [0.1, 0.15) is 28.0 Å². The predicted molar refractivity (Wildman–Crippen MR) is 109 cm³/mol. The summed E-state index contributed by atoms with van der Waals surface area (Å²) in [5.74, 6) is -1.20. The second-order valence-corrected chi connectivity index (χ2v) is 9.06. The predicted octanol–water partition coefficient (Wildman–Crippen LogP) is 2.70. The van der Waals surface area contributed by atoms with Crippen LogP contribution in [0.3, 0.4) is 0 Å². The molecule has 0 spiro atoms. The number of hydrogen-bond acceptors (Lipinski definition) is 5. The maximum absolute atomic E-state index is 13.9. The van der Waals surface area contributed by atoms with Gasteiger partial charge in [0, 0.05) is 37.2 Å². The molecule has 3 rings (SSSR count). The van der Waals surface area contributed by atoms with E-state index in [1.54, 1.807) is 25.3 Å². The molecule has 7 nitrogen and oxygen atoms in total. The average molecular weight is 454 g/mol. The summed E-state index contributed by atoms with van der Waals surface area (Å²) in [4.78, 5) is 11.9. The molecule has 0 aromatic heterocycles. The van der Waals surface area contributed by atoms with Crippen LogP contribution in [-0.2, 0) is 21.4 Å². The molecule has 1 amide bonds. The number of rotatable bonds is 7. The Hall–Kier alpha value is -2.72. The summed E-state index contributed by atoms with van der Waals surface area (Å²) in [7, 11) is -1.10. The molecule has 1 heterocycles. The second-order valence-electron chi connectivity index (χ2n) is 7.15. The molecule has 168 valence electrons. The van der Waals surface area contributed by atoms with Crippen molar-refractivity contribution in [3.05, 3.63) is 53.6 Å². The fourth-order valence-electron chi connectivity index (χ4n) is 3.50. The average Bonchev–Trinajstić information content (AvgIpc) is 2.78. The molecule has 1 fully saturated rings. The molecule has 1 N–H and O–H groups in total. The van der Waals surface area contributed by atoms with E-state index in [0.717, 1.165) is 22.0 Å². The van der Waals surface area contributed by atoms with Gasteiger partial charge < -0.3 is 14.8 Å². The van der Waals surface area contributed by atoms with Gasteiger partial charge in [-0.2, -0.15) is 4.31 Å². The van der Waals surface area contributed by atoms with Crippen LogP contribution in [0, 0.1) is 17.6 Å². The Bertz CT molecular complexity index is 1050. The number of carbonyl (C=O) groups excluding carboxylic acids is 1. The number of nitrogens with one attached hydrogen (secondary N) is 1. The van der Waals surface area contributed by atoms with Crippen LogP contribution in [0.15, 0.2) is 41.3 Å². The molecule has 2 aromatic rings. The van der Waals surface area contributed by atoms with Crippen LogP contribution in [0.4, 0.5) is 8.78 Å². The van der Waals surface area contributed by atoms with Gasteiger partial charge in [0.05, 0.1) is 14.2 Å². The van der Waals surface area contributed by atoms with Gasteiger partial charge >= 0.3 is 0 Å². The van der Waals surface area contributed by atoms with Crippen LogP contribution < -0.4 is 14.8 Å². The van der Waals surface area contributed by atoms with Crippen molar-refractivity contribution in [1.29, 1.82) is 0 Å². The Labute approximate surface area is 180 Å². The quantitative estimate of drug-likeness (QED) is 0.696. The fraction of sp³-hybridized carbons (Fsp3) is 0.381. The van der Waals surface area contributed by atoms with Crippen molar-refractivity contribution in [2.45, 2.75) is 24.3 Å². The minimum Gasteiger partial charge on any atom is -0.497 e. The monoisotopic (exact) mass is 454 g/mol. The van der Waals surface area contributed by atoms with E-state index in [1.165, 1.54) is 7.11 Å². The first kappa shape index (κ1) is 23.0. The number of halogens is 2. The standard InChI is InChI=1S/C21H24F2N2O5S/c1-29-17-5-3-15(19(12-17)30-2)13-24-21(26)14-7-9-25(10-8-14)31(27,28)20-11-16(22)4-6-18(20)23/h3-6,11-12,14H,7-10,13H2,1-2H3,(H,24,26). The smallest absolute Gasteiger partial charge is 0.246 e. The zero-order chi connectivity index (χ0) is 22.6. The van der Waals surface area contributed by atoms with Crippen molar-refractivity contribution in [3.63, 3.8) is 0 Å². The zero-order valence-corrected chi connectivity index (χ0v) is 18.0. The Morgan fingerprint density at radius 2 is 1.81 bits per heavy atom. The highest BCUT2D eigenvalue weighted by Gasteiger charge is 2.33. The minimum absolute atomic E-state index is 0.0439. The van der Waals surface area contributed by atoms with Gasteiger partial charge in [-0.3, -0.25) is 4.79 Å². The first-order valence-corrected chi connectivity index (χ1v) is 11.1. The third kappa shape index (κ3) is 5.13. The number of carbonyl (C=O) groups is 1. The van der Waals surface area contributed by atoms with E-state index in [4.69, 9.17) is 9.47 Å². The van der Waals surface area contributed by atoms with Crippen LogP contribution >= 0.6 is 0 Å². The molecule has 2 aromatic carbocycles. The summed E-state index contributed by atoms with van der Waals surface area (Å²) in [5, 5.41) is 2.85. The Morgan fingerprint density at radius 1 is 1.10 bits per heavy atom. The molecule has 0 aliphatic carbocycles. The van der Waals surface area contributed by atoms with Crippen LogP contribution in [-0.4, -0.2) is 45.9 Å². The van der Waals surface area contributed by atoms with Gasteiger partial charge in [0.25, 0.3) is 0 Å². The normalized spacial score (nSPS) is 15.5. The van der Waals surface area contributed by atoms with Crippen molar-refractivity contribution < 1.29 is 31.5 Å². The van der Waals surface area contributed by atoms with E-state index in [2.05, 4.69) is 5.32 Å². The highest BCUT2D eigenvalue weighted by Crippen LogP contribution is 2.27. The SMILES string of the molecule is COc1ccc(CNC(=O)C2CCN(S(=O)(=O)c3cc(F)ccc3F)CC2)c(OC)c1. The van der Waals surface area contributed by atoms with Gasteiger partial charge in [-0.1, -0.05) is 0 Å². The number of amides is 1. The van der Waals surface area contributed by atoms with Crippen molar-refractivity contribution >= 4 is 15.9 Å². The van der Waals surface area contributed by atoms with Crippen molar-refractivity contribution in [2.75, 3.05) is 27.3 Å². The summed E-state index contributed by atoms with van der Waals surface area (Å²) >= 11 is 0. The fourth-order valence-corrected chi connectivity index (χ4v) is 5.04. The number of nitrogens with zero attached hydrogens (tertiary/aromatic N) is 1. The molecule has 0 radical (unpaired) electrons. The molecule has 1 aliphatic rings. The Balaban J connectivity index is 1.59. The van der Waals surface area contributed by atoms with Crippen molar-refractivity contribution in [3.8, 4) is 11.5 Å². The minimum atomic E-state index is -4.18. The first-order valence-electron chi connectivity index (χ1n) is 9.70. The summed E-state index contributed by atoms with van der Waals surface area (Å²) in [6.07, 6.45) is 0.559. The number of methoxy groups -OCH3 is 2. The largest absolute Gasteiger partial charge is 0.497 e. The molecular weight excluding hydrogens is 430 g/mol. The van der Waals surface area contributed by atoms with Crippen molar-refractivity contribution in [2.24, 2.45) is 5.92 Å². The lowest BCUT2D eigenvalue weighted by Gasteiger charge is -2.30. The van der Waals surface area contributed by atoms with E-state index >= 15 is 0 Å². The highest BCUT2D eigenvalue weighted by molar-refractivity contribution is 7.89. The highest BCUT2D eigenvalue weighted by atomic mass is 32.2. The third-order valence-electron chi connectivity index (χ3n) is 5.28. The topological polar surface area (TPSA) is 84.9 Å². The Morgan fingerprint density at radius 3 is 2.45 bits per heavy atom. The number of sulfonamides is 1. The summed E-state index contributed by atoms with van der Waals surface area (Å²) in [6, 6.07) is 7.60. The van der Waals surface area contributed by atoms with Crippen LogP contribution in [0.1, 0.15) is 18.4 Å². The molecule has 1 saturated heterocycles. The number of ether oxygens (including phenoxy) is 2. The molecule has 0 unspecified atom stereocenters. The maximum atomic E-state index is 13.9. The van der Waals surface area contributed by atoms with Gasteiger partial charge in [-0.15, -0.1) is 0 Å². The summed E-state index contributed by atoms with van der Waals surface area (Å²) in [5.41, 5.74) is 0.776. The number of hydrogen-bond donors (Lipinski definition) is 1. The molecule has 10 heteroatoms. The molecule has 0 bridgehead atoms. The summed E-state index contributed by atoms with van der Waals surface area (Å²) in [6.45, 7) is 0.337. The lowest BCUT2D eigenvalue weighted by atomic mass is 9.97. The second kappa shape index (κ2) is 9.61. The van der Waals surface area contributed by atoms with E-state index < -0.39 is 26.6 Å². The van der Waals surface area contributed by atoms with Gasteiger partial charge in [0.15, 0.2) is 0 Å². The van der Waals surface area contributed by atoms with Gasteiger partial charge in [-0.05, 0) is 43.2 Å². The van der Waals surface area contributed by atoms with E-state index in [9.17, 15) is 22.0 Å². The number of benzene rings is 2. The maximum Gasteiger partial charge on any atom is 0.246 e. The van der Waals surface area contributed by atoms with E-state index in [0.29, 0.717) is 17.6 Å². The van der Waals surface area contributed by atoms with Crippen LogP contribution in [0.25, 0.3) is 0 Å².